The monoisotopic (exact) mass is 300 g/mol. The number of pyridine rings is 1. The van der Waals surface area contributed by atoms with Crippen LogP contribution in [0.5, 0.6) is 11.5 Å². The van der Waals surface area contributed by atoms with E-state index in [1.165, 1.54) is 5.56 Å². The summed E-state index contributed by atoms with van der Waals surface area (Å²) in [5, 5.41) is 3.43. The molecule has 0 radical (unpaired) electrons. The van der Waals surface area contributed by atoms with E-state index >= 15 is 0 Å². The molecule has 4 heteroatoms. The number of aromatic nitrogens is 1. The van der Waals surface area contributed by atoms with Gasteiger partial charge in [0.05, 0.1) is 7.11 Å². The van der Waals surface area contributed by atoms with E-state index in [-0.39, 0.29) is 0 Å². The molecule has 1 aromatic heterocycles. The first-order valence-corrected chi connectivity index (χ1v) is 7.58. The molecule has 0 aliphatic carbocycles. The van der Waals surface area contributed by atoms with Crippen LogP contribution < -0.4 is 14.8 Å². The Bertz CT molecular complexity index is 571. The zero-order valence-corrected chi connectivity index (χ0v) is 13.5. The van der Waals surface area contributed by atoms with Crippen LogP contribution in [-0.4, -0.2) is 18.6 Å². The zero-order chi connectivity index (χ0) is 15.8. The van der Waals surface area contributed by atoms with Crippen LogP contribution in [0.15, 0.2) is 42.7 Å². The van der Waals surface area contributed by atoms with Gasteiger partial charge in [-0.1, -0.05) is 26.0 Å². The molecule has 1 heterocycles. The van der Waals surface area contributed by atoms with Crippen molar-refractivity contribution < 1.29 is 9.47 Å². The van der Waals surface area contributed by atoms with Crippen molar-refractivity contribution in [1.29, 1.82) is 0 Å². The van der Waals surface area contributed by atoms with E-state index in [1.807, 2.05) is 24.3 Å². The van der Waals surface area contributed by atoms with Gasteiger partial charge in [-0.25, -0.2) is 0 Å². The summed E-state index contributed by atoms with van der Waals surface area (Å²) in [5.74, 6) is 2.14. The highest BCUT2D eigenvalue weighted by molar-refractivity contribution is 5.43. The number of methoxy groups -OCH3 is 1. The molecule has 0 unspecified atom stereocenters. The molecule has 1 aromatic carbocycles. The van der Waals surface area contributed by atoms with Gasteiger partial charge < -0.3 is 14.8 Å². The van der Waals surface area contributed by atoms with Crippen LogP contribution in [-0.2, 0) is 13.2 Å². The van der Waals surface area contributed by atoms with E-state index in [9.17, 15) is 0 Å². The Kier molecular flexibility index (Phi) is 6.22. The Morgan fingerprint density at radius 1 is 1.14 bits per heavy atom. The third-order valence-electron chi connectivity index (χ3n) is 3.23. The van der Waals surface area contributed by atoms with Gasteiger partial charge in [-0.3, -0.25) is 4.98 Å². The standard InChI is InChI=1S/C18H24N2O2/c1-14(2)10-20-11-15-6-7-17(21-3)18(9-15)22-13-16-5-4-8-19-12-16/h4-9,12,14,20H,10-11,13H2,1-3H3. The molecule has 0 fully saturated rings. The summed E-state index contributed by atoms with van der Waals surface area (Å²) >= 11 is 0. The molecule has 1 N–H and O–H groups in total. The van der Waals surface area contributed by atoms with Crippen LogP contribution in [0.1, 0.15) is 25.0 Å². The molecule has 0 bridgehead atoms. The van der Waals surface area contributed by atoms with E-state index in [1.54, 1.807) is 19.5 Å². The number of rotatable bonds is 8. The molecular weight excluding hydrogens is 276 g/mol. The fraction of sp³-hybridized carbons (Fsp3) is 0.389. The predicted octanol–water partition coefficient (Wildman–Crippen LogP) is 3.41. The van der Waals surface area contributed by atoms with Crippen LogP contribution in [0.4, 0.5) is 0 Å². The number of benzene rings is 1. The van der Waals surface area contributed by atoms with Gasteiger partial charge in [0.25, 0.3) is 0 Å². The fourth-order valence-corrected chi connectivity index (χ4v) is 2.09. The van der Waals surface area contributed by atoms with Gasteiger partial charge in [-0.2, -0.15) is 0 Å². The average Bonchev–Trinajstić information content (AvgIpc) is 2.54. The van der Waals surface area contributed by atoms with Crippen molar-refractivity contribution in [2.45, 2.75) is 27.0 Å². The van der Waals surface area contributed by atoms with Crippen molar-refractivity contribution in [3.05, 3.63) is 53.9 Å². The van der Waals surface area contributed by atoms with Gasteiger partial charge in [-0.15, -0.1) is 0 Å². The SMILES string of the molecule is COc1ccc(CNCC(C)C)cc1OCc1cccnc1. The largest absolute Gasteiger partial charge is 0.493 e. The summed E-state index contributed by atoms with van der Waals surface area (Å²) < 4.78 is 11.3. The third kappa shape index (κ3) is 5.04. The number of ether oxygens (including phenoxy) is 2. The van der Waals surface area contributed by atoms with Crippen molar-refractivity contribution >= 4 is 0 Å². The number of nitrogens with one attached hydrogen (secondary N) is 1. The van der Waals surface area contributed by atoms with Gasteiger partial charge in [0, 0.05) is 24.5 Å². The van der Waals surface area contributed by atoms with Crippen molar-refractivity contribution in [1.82, 2.24) is 10.3 Å². The minimum Gasteiger partial charge on any atom is -0.493 e. The Morgan fingerprint density at radius 2 is 2.00 bits per heavy atom. The Morgan fingerprint density at radius 3 is 2.68 bits per heavy atom. The highest BCUT2D eigenvalue weighted by atomic mass is 16.5. The predicted molar refractivity (Wildman–Crippen MR) is 88.1 cm³/mol. The maximum Gasteiger partial charge on any atom is 0.161 e. The normalized spacial score (nSPS) is 10.7. The Labute approximate surface area is 132 Å². The summed E-state index contributed by atoms with van der Waals surface area (Å²) in [5.41, 5.74) is 2.22. The molecule has 0 atom stereocenters. The number of hydrogen-bond donors (Lipinski definition) is 1. The van der Waals surface area contributed by atoms with Crippen molar-refractivity contribution in [2.75, 3.05) is 13.7 Å². The van der Waals surface area contributed by atoms with E-state index in [0.29, 0.717) is 12.5 Å². The van der Waals surface area contributed by atoms with E-state index in [4.69, 9.17) is 9.47 Å². The molecular formula is C18H24N2O2. The second kappa shape index (κ2) is 8.39. The van der Waals surface area contributed by atoms with Gasteiger partial charge in [0.2, 0.25) is 0 Å². The quantitative estimate of drug-likeness (QED) is 0.811. The van der Waals surface area contributed by atoms with Crippen LogP contribution in [0.2, 0.25) is 0 Å². The summed E-state index contributed by atoms with van der Waals surface area (Å²) in [6.07, 6.45) is 3.56. The van der Waals surface area contributed by atoms with E-state index in [0.717, 1.165) is 30.2 Å². The highest BCUT2D eigenvalue weighted by Gasteiger charge is 2.06. The zero-order valence-electron chi connectivity index (χ0n) is 13.5. The molecule has 22 heavy (non-hydrogen) atoms. The van der Waals surface area contributed by atoms with E-state index < -0.39 is 0 Å². The Balaban J connectivity index is 2.01. The molecule has 4 nitrogen and oxygen atoms in total. The smallest absolute Gasteiger partial charge is 0.161 e. The van der Waals surface area contributed by atoms with Crippen LogP contribution in [0.3, 0.4) is 0 Å². The number of hydrogen-bond acceptors (Lipinski definition) is 4. The first kappa shape index (κ1) is 16.3. The minimum atomic E-state index is 0.479. The lowest BCUT2D eigenvalue weighted by Crippen LogP contribution is -2.18. The minimum absolute atomic E-state index is 0.479. The van der Waals surface area contributed by atoms with Crippen LogP contribution in [0, 0.1) is 5.92 Å². The summed E-state index contributed by atoms with van der Waals surface area (Å²) in [7, 11) is 1.66. The van der Waals surface area contributed by atoms with Crippen LogP contribution >= 0.6 is 0 Å². The molecule has 0 amide bonds. The molecule has 0 saturated heterocycles. The molecule has 0 aliphatic rings. The average molecular weight is 300 g/mol. The van der Waals surface area contributed by atoms with Gasteiger partial charge in [-0.05, 0) is 36.2 Å². The number of nitrogens with zero attached hydrogens (tertiary/aromatic N) is 1. The molecule has 0 saturated carbocycles. The highest BCUT2D eigenvalue weighted by Crippen LogP contribution is 2.28. The van der Waals surface area contributed by atoms with E-state index in [2.05, 4.69) is 30.2 Å². The third-order valence-corrected chi connectivity index (χ3v) is 3.23. The fourth-order valence-electron chi connectivity index (χ4n) is 2.09. The van der Waals surface area contributed by atoms with Gasteiger partial charge in [0.1, 0.15) is 6.61 Å². The molecule has 118 valence electrons. The lowest BCUT2D eigenvalue weighted by atomic mass is 10.1. The molecule has 0 spiro atoms. The van der Waals surface area contributed by atoms with Crippen LogP contribution in [0.25, 0.3) is 0 Å². The second-order valence-corrected chi connectivity index (χ2v) is 5.66. The second-order valence-electron chi connectivity index (χ2n) is 5.66. The molecule has 2 aromatic rings. The summed E-state index contributed by atoms with van der Waals surface area (Å²) in [6.45, 7) is 6.70. The van der Waals surface area contributed by atoms with Crippen molar-refractivity contribution in [3.8, 4) is 11.5 Å². The molecule has 0 aliphatic heterocycles. The maximum absolute atomic E-state index is 5.89. The van der Waals surface area contributed by atoms with Crippen molar-refractivity contribution in [3.63, 3.8) is 0 Å². The Hall–Kier alpha value is -2.07. The summed E-state index contributed by atoms with van der Waals surface area (Å²) in [6, 6.07) is 9.94. The topological polar surface area (TPSA) is 43.4 Å². The first-order chi connectivity index (χ1) is 10.7. The van der Waals surface area contributed by atoms with Crippen molar-refractivity contribution in [2.24, 2.45) is 5.92 Å². The van der Waals surface area contributed by atoms with Gasteiger partial charge in [0.15, 0.2) is 11.5 Å². The first-order valence-electron chi connectivity index (χ1n) is 7.58. The lowest BCUT2D eigenvalue weighted by molar-refractivity contribution is 0.283. The maximum atomic E-state index is 5.89. The lowest BCUT2D eigenvalue weighted by Gasteiger charge is -2.13. The molecule has 2 rings (SSSR count). The summed E-state index contributed by atoms with van der Waals surface area (Å²) in [4.78, 5) is 4.09. The van der Waals surface area contributed by atoms with Gasteiger partial charge >= 0.3 is 0 Å².